The van der Waals surface area contributed by atoms with Crippen LogP contribution in [0.2, 0.25) is 19.1 Å². The van der Waals surface area contributed by atoms with Crippen molar-refractivity contribution in [3.8, 4) is 0 Å². The lowest BCUT2D eigenvalue weighted by atomic mass is 10.1. The molecule has 0 saturated carbocycles. The Bertz CT molecular complexity index is 402. The first-order chi connectivity index (χ1) is 9.44. The van der Waals surface area contributed by atoms with Gasteiger partial charge in [0.05, 0.1) is 19.4 Å². The second kappa shape index (κ2) is 8.35. The minimum atomic E-state index is -1.15. The minimum absolute atomic E-state index is 0.698. The predicted octanol–water partition coefficient (Wildman–Crippen LogP) is 5.00. The topological polar surface area (TPSA) is 52.0 Å². The smallest absolute Gasteiger partial charge is 0.0550 e. The Morgan fingerprint density at radius 2 is 1.55 bits per heavy atom. The molecule has 0 unspecified atom stereocenters. The fourth-order valence-corrected chi connectivity index (χ4v) is 5.47. The number of nitrogen functional groups attached to an aromatic ring is 2. The van der Waals surface area contributed by atoms with E-state index in [-0.39, 0.29) is 0 Å². The zero-order valence-electron chi connectivity index (χ0n) is 13.5. The van der Waals surface area contributed by atoms with Crippen molar-refractivity contribution in [2.75, 3.05) is 11.5 Å². The number of unbranched alkanes of at least 4 members (excludes halogenated alkanes) is 5. The zero-order valence-corrected chi connectivity index (χ0v) is 14.5. The maximum atomic E-state index is 5.90. The van der Waals surface area contributed by atoms with Gasteiger partial charge in [0.1, 0.15) is 0 Å². The predicted molar refractivity (Wildman–Crippen MR) is 94.6 cm³/mol. The van der Waals surface area contributed by atoms with E-state index in [1.807, 2.05) is 6.07 Å². The first kappa shape index (κ1) is 17.1. The molecule has 0 aromatic heterocycles. The molecular weight excluding hydrogens is 260 g/mol. The lowest BCUT2D eigenvalue weighted by Crippen LogP contribution is -2.29. The molecule has 0 radical (unpaired) electrons. The SMILES string of the molecule is CCCCCCCC[Si](C)(C)Cc1ccc(N)c(N)c1. The van der Waals surface area contributed by atoms with Crippen LogP contribution in [0.5, 0.6) is 0 Å². The van der Waals surface area contributed by atoms with Crippen LogP contribution >= 0.6 is 0 Å². The van der Waals surface area contributed by atoms with E-state index in [1.165, 1.54) is 56.2 Å². The third-order valence-corrected chi connectivity index (χ3v) is 7.11. The van der Waals surface area contributed by atoms with Gasteiger partial charge in [0.25, 0.3) is 0 Å². The molecule has 4 N–H and O–H groups in total. The van der Waals surface area contributed by atoms with Crippen LogP contribution in [0.4, 0.5) is 11.4 Å². The summed E-state index contributed by atoms with van der Waals surface area (Å²) >= 11 is 0. The zero-order chi connectivity index (χ0) is 15.0. The van der Waals surface area contributed by atoms with Crippen molar-refractivity contribution in [1.29, 1.82) is 0 Å². The Morgan fingerprint density at radius 1 is 0.900 bits per heavy atom. The van der Waals surface area contributed by atoms with Crippen LogP contribution in [0.3, 0.4) is 0 Å². The molecule has 1 aromatic carbocycles. The van der Waals surface area contributed by atoms with E-state index in [9.17, 15) is 0 Å². The largest absolute Gasteiger partial charge is 0.397 e. The minimum Gasteiger partial charge on any atom is -0.397 e. The maximum absolute atomic E-state index is 5.90. The average molecular weight is 293 g/mol. The molecule has 0 atom stereocenters. The summed E-state index contributed by atoms with van der Waals surface area (Å²) in [6.07, 6.45) is 8.35. The average Bonchev–Trinajstić information content (AvgIpc) is 2.38. The van der Waals surface area contributed by atoms with Crippen LogP contribution in [0.15, 0.2) is 18.2 Å². The van der Waals surface area contributed by atoms with Gasteiger partial charge in [-0.1, -0.05) is 70.7 Å². The van der Waals surface area contributed by atoms with Crippen molar-refractivity contribution in [3.05, 3.63) is 23.8 Å². The molecule has 3 heteroatoms. The van der Waals surface area contributed by atoms with Gasteiger partial charge in [0.2, 0.25) is 0 Å². The van der Waals surface area contributed by atoms with Crippen molar-refractivity contribution in [2.24, 2.45) is 0 Å². The monoisotopic (exact) mass is 292 g/mol. The number of nitrogens with two attached hydrogens (primary N) is 2. The van der Waals surface area contributed by atoms with Gasteiger partial charge in [-0.05, 0) is 23.7 Å². The van der Waals surface area contributed by atoms with Crippen molar-refractivity contribution in [1.82, 2.24) is 0 Å². The number of benzene rings is 1. The van der Waals surface area contributed by atoms with E-state index in [1.54, 1.807) is 0 Å². The molecule has 0 spiro atoms. The van der Waals surface area contributed by atoms with Crippen molar-refractivity contribution < 1.29 is 0 Å². The second-order valence-electron chi connectivity index (χ2n) is 6.82. The van der Waals surface area contributed by atoms with Gasteiger partial charge in [0, 0.05) is 0 Å². The maximum Gasteiger partial charge on any atom is 0.0550 e. The van der Waals surface area contributed by atoms with Crippen LogP contribution < -0.4 is 11.5 Å². The van der Waals surface area contributed by atoms with Crippen LogP contribution in [-0.2, 0) is 6.04 Å². The normalized spacial score (nSPS) is 11.8. The fraction of sp³-hybridized carbons (Fsp3) is 0.647. The summed E-state index contributed by atoms with van der Waals surface area (Å²) in [4.78, 5) is 0. The number of hydrogen-bond acceptors (Lipinski definition) is 2. The summed E-state index contributed by atoms with van der Waals surface area (Å²) in [5.41, 5.74) is 14.5. The Kier molecular flexibility index (Phi) is 7.14. The summed E-state index contributed by atoms with van der Waals surface area (Å²) in [5, 5.41) is 0. The Morgan fingerprint density at radius 3 is 2.20 bits per heavy atom. The second-order valence-corrected chi connectivity index (χ2v) is 12.0. The van der Waals surface area contributed by atoms with Crippen molar-refractivity contribution in [3.63, 3.8) is 0 Å². The van der Waals surface area contributed by atoms with Crippen LogP contribution in [-0.4, -0.2) is 8.07 Å². The first-order valence-electron chi connectivity index (χ1n) is 8.08. The summed E-state index contributed by atoms with van der Waals surface area (Å²) in [7, 11) is -1.15. The number of hydrogen-bond donors (Lipinski definition) is 2. The van der Waals surface area contributed by atoms with Gasteiger partial charge in [0.15, 0.2) is 0 Å². The summed E-state index contributed by atoms with van der Waals surface area (Å²) in [6.45, 7) is 7.26. The lowest BCUT2D eigenvalue weighted by Gasteiger charge is -2.23. The van der Waals surface area contributed by atoms with Crippen LogP contribution in [0.1, 0.15) is 51.0 Å². The number of anilines is 2. The van der Waals surface area contributed by atoms with E-state index in [0.29, 0.717) is 5.69 Å². The molecule has 0 fully saturated rings. The Balaban J connectivity index is 2.34. The third kappa shape index (κ3) is 6.46. The van der Waals surface area contributed by atoms with Gasteiger partial charge >= 0.3 is 0 Å². The molecule has 0 aliphatic heterocycles. The highest BCUT2D eigenvalue weighted by Crippen LogP contribution is 2.23. The van der Waals surface area contributed by atoms with E-state index in [2.05, 4.69) is 32.2 Å². The highest BCUT2D eigenvalue weighted by molar-refractivity contribution is 6.76. The molecule has 114 valence electrons. The van der Waals surface area contributed by atoms with E-state index >= 15 is 0 Å². The summed E-state index contributed by atoms with van der Waals surface area (Å²) in [5.74, 6) is 0. The molecule has 1 rings (SSSR count). The molecule has 0 amide bonds. The van der Waals surface area contributed by atoms with Gasteiger partial charge < -0.3 is 11.5 Å². The molecule has 0 heterocycles. The number of rotatable bonds is 9. The summed E-state index contributed by atoms with van der Waals surface area (Å²) < 4.78 is 0. The fourth-order valence-electron chi connectivity index (χ4n) is 2.76. The quantitative estimate of drug-likeness (QED) is 0.382. The van der Waals surface area contributed by atoms with E-state index in [4.69, 9.17) is 11.5 Å². The van der Waals surface area contributed by atoms with Crippen molar-refractivity contribution >= 4 is 19.4 Å². The summed E-state index contributed by atoms with van der Waals surface area (Å²) in [6, 6.07) is 8.78. The van der Waals surface area contributed by atoms with E-state index < -0.39 is 8.07 Å². The first-order valence-corrected chi connectivity index (χ1v) is 11.5. The third-order valence-electron chi connectivity index (χ3n) is 4.04. The van der Waals surface area contributed by atoms with Gasteiger partial charge in [-0.15, -0.1) is 0 Å². The standard InChI is InChI=1S/C17H32N2Si/c1-4-5-6-7-8-9-12-20(2,3)14-15-10-11-16(18)17(19)13-15/h10-11,13H,4-9,12,14,18-19H2,1-3H3. The molecular formula is C17H32N2Si. The van der Waals surface area contributed by atoms with E-state index in [0.717, 1.165) is 5.69 Å². The molecule has 0 bridgehead atoms. The van der Waals surface area contributed by atoms with Crippen LogP contribution in [0.25, 0.3) is 0 Å². The molecule has 2 nitrogen and oxygen atoms in total. The lowest BCUT2D eigenvalue weighted by molar-refractivity contribution is 0.622. The van der Waals surface area contributed by atoms with Gasteiger partial charge in [-0.2, -0.15) is 0 Å². The van der Waals surface area contributed by atoms with Crippen molar-refractivity contribution in [2.45, 2.75) is 70.6 Å². The molecule has 20 heavy (non-hydrogen) atoms. The highest BCUT2D eigenvalue weighted by atomic mass is 28.3. The molecule has 0 saturated heterocycles. The van der Waals surface area contributed by atoms with Gasteiger partial charge in [-0.25, -0.2) is 0 Å². The Labute approximate surface area is 126 Å². The molecule has 1 aromatic rings. The molecule has 0 aliphatic carbocycles. The Hall–Kier alpha value is -0.963. The highest BCUT2D eigenvalue weighted by Gasteiger charge is 2.20. The molecule has 0 aliphatic rings. The van der Waals surface area contributed by atoms with Crippen LogP contribution in [0, 0.1) is 0 Å². The van der Waals surface area contributed by atoms with Gasteiger partial charge in [-0.3, -0.25) is 0 Å².